The molecule has 17 heavy (non-hydrogen) atoms. The summed E-state index contributed by atoms with van der Waals surface area (Å²) < 4.78 is 1.82. The van der Waals surface area contributed by atoms with Gasteiger partial charge in [-0.25, -0.2) is 0 Å². The predicted molar refractivity (Wildman–Crippen MR) is 67.1 cm³/mol. The lowest BCUT2D eigenvalue weighted by molar-refractivity contribution is 0.0717. The second-order valence-electron chi connectivity index (χ2n) is 5.09. The number of carbonyl (C=O) groups excluding carboxylic acids is 1. The Bertz CT molecular complexity index is 403. The molecule has 0 radical (unpaired) electrons. The number of hydrogen-bond acceptors (Lipinski definition) is 2. The third-order valence-electron chi connectivity index (χ3n) is 3.37. The highest BCUT2D eigenvalue weighted by atomic mass is 16.2. The van der Waals surface area contributed by atoms with Crippen LogP contribution in [0.4, 0.5) is 0 Å². The van der Waals surface area contributed by atoms with Gasteiger partial charge in [-0.15, -0.1) is 0 Å². The number of rotatable bonds is 2. The van der Waals surface area contributed by atoms with Gasteiger partial charge in [0.1, 0.15) is 0 Å². The maximum atomic E-state index is 12.2. The molecule has 0 unspecified atom stereocenters. The van der Waals surface area contributed by atoms with Crippen molar-refractivity contribution in [3.8, 4) is 0 Å². The number of carbonyl (C=O) groups is 1. The van der Waals surface area contributed by atoms with E-state index in [1.54, 1.807) is 0 Å². The lowest BCUT2D eigenvalue weighted by Crippen LogP contribution is -2.35. The van der Waals surface area contributed by atoms with Gasteiger partial charge in [0.05, 0.1) is 0 Å². The van der Waals surface area contributed by atoms with Crippen molar-refractivity contribution in [2.75, 3.05) is 13.1 Å². The van der Waals surface area contributed by atoms with Crippen LogP contribution in [-0.4, -0.2) is 33.7 Å². The van der Waals surface area contributed by atoms with Crippen LogP contribution in [0.5, 0.6) is 0 Å². The summed E-state index contributed by atoms with van der Waals surface area (Å²) in [6.07, 6.45) is 3.48. The monoisotopic (exact) mass is 235 g/mol. The molecule has 4 heteroatoms. The topological polar surface area (TPSA) is 38.1 Å². The number of hydrogen-bond donors (Lipinski definition) is 0. The number of aromatic nitrogens is 2. The molecule has 1 amide bonds. The van der Waals surface area contributed by atoms with Crippen LogP contribution in [0.2, 0.25) is 0 Å². The van der Waals surface area contributed by atoms with Crippen LogP contribution >= 0.6 is 0 Å². The van der Waals surface area contributed by atoms with Crippen molar-refractivity contribution in [1.29, 1.82) is 0 Å². The summed E-state index contributed by atoms with van der Waals surface area (Å²) in [7, 11) is 1.91. The molecule has 0 saturated carbocycles. The van der Waals surface area contributed by atoms with E-state index in [4.69, 9.17) is 0 Å². The first kappa shape index (κ1) is 12.1. The smallest absolute Gasteiger partial charge is 0.274 e. The normalized spacial score (nSPS) is 16.6. The summed E-state index contributed by atoms with van der Waals surface area (Å²) >= 11 is 0. The standard InChI is InChI=1S/C13H21N3O/c1-10(2)12-9-11(14-15(12)3)13(17)16-7-5-4-6-8-16/h9-10H,4-8H2,1-3H3. The van der Waals surface area contributed by atoms with Gasteiger partial charge >= 0.3 is 0 Å². The van der Waals surface area contributed by atoms with Gasteiger partial charge in [0, 0.05) is 25.8 Å². The van der Waals surface area contributed by atoms with E-state index in [2.05, 4.69) is 18.9 Å². The maximum Gasteiger partial charge on any atom is 0.274 e. The zero-order valence-electron chi connectivity index (χ0n) is 10.9. The lowest BCUT2D eigenvalue weighted by atomic mass is 10.1. The van der Waals surface area contributed by atoms with Crippen LogP contribution in [0.15, 0.2) is 6.07 Å². The minimum absolute atomic E-state index is 0.0900. The third-order valence-corrected chi connectivity index (χ3v) is 3.37. The van der Waals surface area contributed by atoms with Crippen molar-refractivity contribution >= 4 is 5.91 Å². The van der Waals surface area contributed by atoms with Crippen LogP contribution in [0, 0.1) is 0 Å². The van der Waals surface area contributed by atoms with E-state index < -0.39 is 0 Å². The van der Waals surface area contributed by atoms with Crippen LogP contribution < -0.4 is 0 Å². The number of piperidine rings is 1. The Labute approximate surface area is 103 Å². The van der Waals surface area contributed by atoms with Crippen LogP contribution in [-0.2, 0) is 7.05 Å². The first-order chi connectivity index (χ1) is 8.09. The van der Waals surface area contributed by atoms with Gasteiger partial charge in [0.15, 0.2) is 5.69 Å². The molecule has 0 aliphatic carbocycles. The average molecular weight is 235 g/mol. The minimum atomic E-state index is 0.0900. The van der Waals surface area contributed by atoms with Crippen molar-refractivity contribution in [3.63, 3.8) is 0 Å². The van der Waals surface area contributed by atoms with Crippen molar-refractivity contribution in [1.82, 2.24) is 14.7 Å². The van der Waals surface area contributed by atoms with E-state index in [9.17, 15) is 4.79 Å². The molecule has 0 aromatic carbocycles. The Hall–Kier alpha value is -1.32. The molecule has 2 heterocycles. The van der Waals surface area contributed by atoms with Crippen LogP contribution in [0.25, 0.3) is 0 Å². The highest BCUT2D eigenvalue weighted by Gasteiger charge is 2.21. The van der Waals surface area contributed by atoms with Crippen molar-refractivity contribution in [3.05, 3.63) is 17.5 Å². The molecule has 1 saturated heterocycles. The summed E-state index contributed by atoms with van der Waals surface area (Å²) in [5.41, 5.74) is 1.71. The average Bonchev–Trinajstić information content (AvgIpc) is 2.71. The molecule has 1 aromatic heterocycles. The first-order valence-electron chi connectivity index (χ1n) is 6.43. The molecule has 0 atom stereocenters. The summed E-state index contributed by atoms with van der Waals surface area (Å²) in [4.78, 5) is 14.2. The van der Waals surface area contributed by atoms with Crippen LogP contribution in [0.3, 0.4) is 0 Å². The van der Waals surface area contributed by atoms with E-state index in [0.717, 1.165) is 31.6 Å². The minimum Gasteiger partial charge on any atom is -0.337 e. The molecule has 1 aliphatic rings. The fourth-order valence-electron chi connectivity index (χ4n) is 2.39. The molecular formula is C13H21N3O. The second kappa shape index (κ2) is 4.90. The molecule has 1 fully saturated rings. The first-order valence-corrected chi connectivity index (χ1v) is 6.43. The molecule has 1 aliphatic heterocycles. The Balaban J connectivity index is 2.16. The Morgan fingerprint density at radius 3 is 2.47 bits per heavy atom. The molecule has 94 valence electrons. The van der Waals surface area contributed by atoms with Crippen molar-refractivity contribution < 1.29 is 4.79 Å². The highest BCUT2D eigenvalue weighted by Crippen LogP contribution is 2.17. The van der Waals surface area contributed by atoms with Gasteiger partial charge < -0.3 is 4.90 Å². The fraction of sp³-hybridized carbons (Fsp3) is 0.692. The molecule has 0 spiro atoms. The summed E-state index contributed by atoms with van der Waals surface area (Å²) in [6, 6.07) is 1.93. The largest absolute Gasteiger partial charge is 0.337 e. The van der Waals surface area contributed by atoms with Gasteiger partial charge in [-0.2, -0.15) is 5.10 Å². The van der Waals surface area contributed by atoms with Gasteiger partial charge in [0.25, 0.3) is 5.91 Å². The number of amides is 1. The van der Waals surface area contributed by atoms with Crippen molar-refractivity contribution in [2.45, 2.75) is 39.0 Å². The van der Waals surface area contributed by atoms with E-state index in [1.165, 1.54) is 6.42 Å². The summed E-state index contributed by atoms with van der Waals surface area (Å²) in [5.74, 6) is 0.489. The van der Waals surface area contributed by atoms with E-state index in [-0.39, 0.29) is 5.91 Å². The van der Waals surface area contributed by atoms with Crippen LogP contribution in [0.1, 0.15) is 55.2 Å². The van der Waals surface area contributed by atoms with Gasteiger partial charge in [-0.05, 0) is 31.2 Å². The molecular weight excluding hydrogens is 214 g/mol. The Kier molecular flexibility index (Phi) is 3.50. The van der Waals surface area contributed by atoms with Gasteiger partial charge in [-0.3, -0.25) is 9.48 Å². The SMILES string of the molecule is CC(C)c1cc(C(=O)N2CCCCC2)nn1C. The second-order valence-corrected chi connectivity index (χ2v) is 5.09. The van der Waals surface area contributed by atoms with Gasteiger partial charge in [0.2, 0.25) is 0 Å². The zero-order chi connectivity index (χ0) is 12.4. The predicted octanol–water partition coefficient (Wildman–Crippen LogP) is 2.17. The van der Waals surface area contributed by atoms with E-state index in [0.29, 0.717) is 11.6 Å². The van der Waals surface area contributed by atoms with E-state index in [1.807, 2.05) is 22.7 Å². The number of likely N-dealkylation sites (tertiary alicyclic amines) is 1. The number of nitrogens with zero attached hydrogens (tertiary/aromatic N) is 3. The third kappa shape index (κ3) is 2.51. The molecule has 4 nitrogen and oxygen atoms in total. The summed E-state index contributed by atoms with van der Waals surface area (Å²) in [6.45, 7) is 6.00. The van der Waals surface area contributed by atoms with Gasteiger partial charge in [-0.1, -0.05) is 13.8 Å². The molecule has 0 bridgehead atoms. The fourth-order valence-corrected chi connectivity index (χ4v) is 2.39. The maximum absolute atomic E-state index is 12.2. The summed E-state index contributed by atoms with van der Waals surface area (Å²) in [5, 5.41) is 4.33. The highest BCUT2D eigenvalue weighted by molar-refractivity contribution is 5.92. The molecule has 1 aromatic rings. The van der Waals surface area contributed by atoms with E-state index >= 15 is 0 Å². The zero-order valence-corrected chi connectivity index (χ0v) is 10.9. The number of aryl methyl sites for hydroxylation is 1. The molecule has 2 rings (SSSR count). The Morgan fingerprint density at radius 1 is 1.29 bits per heavy atom. The Morgan fingerprint density at radius 2 is 1.94 bits per heavy atom. The van der Waals surface area contributed by atoms with Crippen molar-refractivity contribution in [2.24, 2.45) is 7.05 Å². The molecule has 0 N–H and O–H groups in total. The quantitative estimate of drug-likeness (QED) is 0.788. The lowest BCUT2D eigenvalue weighted by Gasteiger charge is -2.25.